The van der Waals surface area contributed by atoms with Crippen molar-refractivity contribution in [2.24, 2.45) is 0 Å². The van der Waals surface area contributed by atoms with Crippen molar-refractivity contribution >= 4 is 5.69 Å². The summed E-state index contributed by atoms with van der Waals surface area (Å²) < 4.78 is 0. The largest absolute Gasteiger partial charge is 0.392 e. The fourth-order valence-corrected chi connectivity index (χ4v) is 2.52. The summed E-state index contributed by atoms with van der Waals surface area (Å²) in [4.78, 5) is 2.10. The van der Waals surface area contributed by atoms with Crippen molar-refractivity contribution in [1.29, 1.82) is 0 Å². The summed E-state index contributed by atoms with van der Waals surface area (Å²) in [6, 6.07) is 8.59. The normalized spacial score (nSPS) is 25.4. The molecule has 0 amide bonds. The third kappa shape index (κ3) is 2.38. The summed E-state index contributed by atoms with van der Waals surface area (Å²) in [5, 5.41) is 9.99. The average Bonchev–Trinajstić information content (AvgIpc) is 2.30. The summed E-state index contributed by atoms with van der Waals surface area (Å²) in [6.45, 7) is 0. The Morgan fingerprint density at radius 3 is 2.25 bits per heavy atom. The highest BCUT2D eigenvalue weighted by Gasteiger charge is 2.24. The molecule has 0 saturated heterocycles. The van der Waals surface area contributed by atoms with E-state index in [1.54, 1.807) is 0 Å². The second-order valence-electron chi connectivity index (χ2n) is 4.94. The van der Waals surface area contributed by atoms with Gasteiger partial charge < -0.3 is 10.0 Å². The minimum absolute atomic E-state index is 0.140. The van der Waals surface area contributed by atoms with Gasteiger partial charge in [-0.2, -0.15) is 0 Å². The lowest BCUT2D eigenvalue weighted by molar-refractivity contribution is 0.106. The number of rotatable bonds is 2. The monoisotopic (exact) mass is 219 g/mol. The van der Waals surface area contributed by atoms with Gasteiger partial charge in [-0.15, -0.1) is 0 Å². The molecule has 1 N–H and O–H groups in total. The van der Waals surface area contributed by atoms with Crippen LogP contribution in [0, 0.1) is 0 Å². The Morgan fingerprint density at radius 1 is 1.06 bits per heavy atom. The Labute approximate surface area is 97.9 Å². The molecule has 0 radical (unpaired) electrons. The SMILES string of the molecule is CN(C)c1ccc([C@@H]2CCCC[C@H]2O)cc1. The highest BCUT2D eigenvalue weighted by molar-refractivity contribution is 5.46. The van der Waals surface area contributed by atoms with E-state index in [9.17, 15) is 5.11 Å². The quantitative estimate of drug-likeness (QED) is 0.826. The second kappa shape index (κ2) is 4.88. The lowest BCUT2D eigenvalue weighted by Crippen LogP contribution is -2.22. The standard InChI is InChI=1S/C14H21NO/c1-15(2)12-9-7-11(8-10-12)13-5-3-4-6-14(13)16/h7-10,13-14,16H,3-6H2,1-2H3/t13-,14+/m0/s1. The van der Waals surface area contributed by atoms with Crippen LogP contribution in [0.4, 0.5) is 5.69 Å². The van der Waals surface area contributed by atoms with Gasteiger partial charge in [-0.3, -0.25) is 0 Å². The molecule has 88 valence electrons. The van der Waals surface area contributed by atoms with Crippen LogP contribution in [0.1, 0.15) is 37.2 Å². The summed E-state index contributed by atoms with van der Waals surface area (Å²) in [7, 11) is 4.09. The van der Waals surface area contributed by atoms with Crippen LogP contribution in [0.15, 0.2) is 24.3 Å². The maximum absolute atomic E-state index is 9.99. The van der Waals surface area contributed by atoms with Crippen LogP contribution >= 0.6 is 0 Å². The van der Waals surface area contributed by atoms with Gasteiger partial charge in [0, 0.05) is 25.7 Å². The minimum Gasteiger partial charge on any atom is -0.392 e. The molecule has 1 saturated carbocycles. The van der Waals surface area contributed by atoms with Gasteiger partial charge in [0.15, 0.2) is 0 Å². The summed E-state index contributed by atoms with van der Waals surface area (Å²) in [5.74, 6) is 0.352. The molecule has 2 atom stereocenters. The lowest BCUT2D eigenvalue weighted by Gasteiger charge is -2.28. The first-order chi connectivity index (χ1) is 7.68. The molecule has 0 spiro atoms. The van der Waals surface area contributed by atoms with E-state index < -0.39 is 0 Å². The minimum atomic E-state index is -0.140. The Morgan fingerprint density at radius 2 is 1.69 bits per heavy atom. The van der Waals surface area contributed by atoms with E-state index in [1.807, 2.05) is 14.1 Å². The number of aliphatic hydroxyl groups excluding tert-OH is 1. The van der Waals surface area contributed by atoms with Crippen molar-refractivity contribution in [2.75, 3.05) is 19.0 Å². The molecule has 0 unspecified atom stereocenters. The molecule has 2 rings (SSSR count). The predicted octanol–water partition coefficient (Wildman–Crippen LogP) is 2.77. The second-order valence-corrected chi connectivity index (χ2v) is 4.94. The first-order valence-corrected chi connectivity index (χ1v) is 6.14. The highest BCUT2D eigenvalue weighted by Crippen LogP contribution is 2.33. The van der Waals surface area contributed by atoms with Gasteiger partial charge in [-0.25, -0.2) is 0 Å². The number of hydrogen-bond donors (Lipinski definition) is 1. The summed E-state index contributed by atoms with van der Waals surface area (Å²) >= 11 is 0. The van der Waals surface area contributed by atoms with E-state index in [0.717, 1.165) is 12.8 Å². The number of anilines is 1. The number of hydrogen-bond acceptors (Lipinski definition) is 2. The lowest BCUT2D eigenvalue weighted by atomic mass is 9.82. The smallest absolute Gasteiger partial charge is 0.0608 e. The van der Waals surface area contributed by atoms with Crippen molar-refractivity contribution in [1.82, 2.24) is 0 Å². The van der Waals surface area contributed by atoms with Crippen LogP contribution in [0.2, 0.25) is 0 Å². The van der Waals surface area contributed by atoms with Gasteiger partial charge in [0.1, 0.15) is 0 Å². The van der Waals surface area contributed by atoms with Gasteiger partial charge in [-0.1, -0.05) is 25.0 Å². The van der Waals surface area contributed by atoms with Crippen molar-refractivity contribution < 1.29 is 5.11 Å². The van der Waals surface area contributed by atoms with Crippen LogP contribution in [0.3, 0.4) is 0 Å². The Bertz CT molecular complexity index is 331. The number of nitrogens with zero attached hydrogens (tertiary/aromatic N) is 1. The fourth-order valence-electron chi connectivity index (χ4n) is 2.52. The molecule has 16 heavy (non-hydrogen) atoms. The number of aliphatic hydroxyl groups is 1. The zero-order valence-electron chi connectivity index (χ0n) is 10.2. The van der Waals surface area contributed by atoms with Crippen LogP contribution in [0.5, 0.6) is 0 Å². The van der Waals surface area contributed by atoms with E-state index in [-0.39, 0.29) is 6.10 Å². The van der Waals surface area contributed by atoms with Crippen LogP contribution in [-0.4, -0.2) is 25.3 Å². The molecule has 0 heterocycles. The van der Waals surface area contributed by atoms with Gasteiger partial charge in [0.05, 0.1) is 6.10 Å². The zero-order valence-corrected chi connectivity index (χ0v) is 10.2. The summed E-state index contributed by atoms with van der Waals surface area (Å²) in [6.07, 6.45) is 4.37. The van der Waals surface area contributed by atoms with E-state index in [4.69, 9.17) is 0 Å². The molecule has 1 fully saturated rings. The fraction of sp³-hybridized carbons (Fsp3) is 0.571. The van der Waals surface area contributed by atoms with E-state index in [1.165, 1.54) is 24.1 Å². The molecule has 2 heteroatoms. The van der Waals surface area contributed by atoms with Crippen molar-refractivity contribution in [3.63, 3.8) is 0 Å². The first kappa shape index (κ1) is 11.5. The Kier molecular flexibility index (Phi) is 3.49. The third-order valence-electron chi connectivity index (χ3n) is 3.57. The summed E-state index contributed by atoms with van der Waals surface area (Å²) in [5.41, 5.74) is 2.51. The molecule has 1 aromatic rings. The van der Waals surface area contributed by atoms with E-state index >= 15 is 0 Å². The van der Waals surface area contributed by atoms with Crippen molar-refractivity contribution in [3.8, 4) is 0 Å². The van der Waals surface area contributed by atoms with Crippen molar-refractivity contribution in [3.05, 3.63) is 29.8 Å². The Hall–Kier alpha value is -1.02. The van der Waals surface area contributed by atoms with Gasteiger partial charge in [-0.05, 0) is 30.5 Å². The molecular formula is C14H21NO. The number of benzene rings is 1. The maximum atomic E-state index is 9.99. The molecule has 0 aliphatic heterocycles. The van der Waals surface area contributed by atoms with E-state index in [2.05, 4.69) is 29.2 Å². The highest BCUT2D eigenvalue weighted by atomic mass is 16.3. The molecule has 1 aromatic carbocycles. The molecular weight excluding hydrogens is 198 g/mol. The van der Waals surface area contributed by atoms with Crippen molar-refractivity contribution in [2.45, 2.75) is 37.7 Å². The topological polar surface area (TPSA) is 23.5 Å². The van der Waals surface area contributed by atoms with Crippen LogP contribution in [0.25, 0.3) is 0 Å². The van der Waals surface area contributed by atoms with Crippen LogP contribution in [-0.2, 0) is 0 Å². The van der Waals surface area contributed by atoms with Gasteiger partial charge in [0.25, 0.3) is 0 Å². The predicted molar refractivity (Wildman–Crippen MR) is 68.0 cm³/mol. The maximum Gasteiger partial charge on any atom is 0.0608 e. The molecule has 1 aliphatic carbocycles. The molecule has 2 nitrogen and oxygen atoms in total. The molecule has 1 aliphatic rings. The Balaban J connectivity index is 2.14. The molecule has 0 aromatic heterocycles. The van der Waals surface area contributed by atoms with Gasteiger partial charge in [0.2, 0.25) is 0 Å². The zero-order chi connectivity index (χ0) is 11.5. The first-order valence-electron chi connectivity index (χ1n) is 6.14. The molecule has 0 bridgehead atoms. The van der Waals surface area contributed by atoms with Crippen LogP contribution < -0.4 is 4.90 Å². The third-order valence-corrected chi connectivity index (χ3v) is 3.57. The average molecular weight is 219 g/mol. The van der Waals surface area contributed by atoms with Gasteiger partial charge >= 0.3 is 0 Å². The van der Waals surface area contributed by atoms with E-state index in [0.29, 0.717) is 5.92 Å².